The number of nitrogens with zero attached hydrogens (tertiary/aromatic N) is 2. The Morgan fingerprint density at radius 2 is 1.19 bits per heavy atom. The van der Waals surface area contributed by atoms with Gasteiger partial charge < -0.3 is 44.7 Å². The molecule has 2 aliphatic rings. The summed E-state index contributed by atoms with van der Waals surface area (Å²) in [6.07, 6.45) is 37.5. The van der Waals surface area contributed by atoms with Crippen LogP contribution in [0.4, 0.5) is 5.82 Å². The van der Waals surface area contributed by atoms with Gasteiger partial charge in [-0.1, -0.05) is 132 Å². The third-order valence-corrected chi connectivity index (χ3v) is 14.6. The number of ether oxygens (including phenoxy) is 4. The van der Waals surface area contributed by atoms with Crippen molar-refractivity contribution in [1.82, 2.24) is 9.55 Å². The van der Waals surface area contributed by atoms with Crippen molar-refractivity contribution < 1.29 is 71.0 Å². The number of rotatable bonds is 42. The van der Waals surface area contributed by atoms with Gasteiger partial charge in [0, 0.05) is 19.0 Å². The third-order valence-electron chi connectivity index (χ3n) is 12.0. The maximum atomic E-state index is 12.9. The predicted molar refractivity (Wildman–Crippen MR) is 279 cm³/mol. The lowest BCUT2D eigenvalue weighted by molar-refractivity contribution is -0.161. The maximum Gasteiger partial charge on any atom is 0.481 e. The van der Waals surface area contributed by atoms with E-state index in [-0.39, 0.29) is 30.9 Å². The fraction of sp³-hybridized carbons (Fsp3) is 0.692. The number of epoxide rings is 1. The number of esters is 2. The van der Waals surface area contributed by atoms with Crippen molar-refractivity contribution in [2.75, 3.05) is 25.6 Å². The Bertz CT molecular complexity index is 2030. The van der Waals surface area contributed by atoms with Gasteiger partial charge in [0.05, 0.1) is 25.4 Å². The van der Waals surface area contributed by atoms with Gasteiger partial charge in [-0.2, -0.15) is 9.29 Å². The number of allylic oxidation sites excluding steroid dienone is 8. The summed E-state index contributed by atoms with van der Waals surface area (Å²) in [5.74, 6) is -1.38. The molecule has 0 radical (unpaired) electrons. The quantitative estimate of drug-likeness (QED) is 0.0134. The van der Waals surface area contributed by atoms with Crippen LogP contribution in [0.2, 0.25) is 0 Å². The summed E-state index contributed by atoms with van der Waals surface area (Å²) in [6, 6.07) is 1.24. The van der Waals surface area contributed by atoms with Crippen LogP contribution >= 0.6 is 15.6 Å². The number of phosphoric acid groups is 2. The molecule has 6 N–H and O–H groups in total. The van der Waals surface area contributed by atoms with Gasteiger partial charge in [0.2, 0.25) is 0 Å². The molecule has 0 aliphatic carbocycles. The van der Waals surface area contributed by atoms with E-state index in [1.807, 2.05) is 12.2 Å². The lowest BCUT2D eigenvalue weighted by Gasteiger charge is -2.21. The normalized spacial score (nSPS) is 22.2. The van der Waals surface area contributed by atoms with E-state index in [9.17, 15) is 43.5 Å². The van der Waals surface area contributed by atoms with Gasteiger partial charge in [-0.05, 0) is 89.5 Å². The van der Waals surface area contributed by atoms with Gasteiger partial charge in [-0.15, -0.1) is 0 Å². The molecule has 1 aromatic heterocycles. The van der Waals surface area contributed by atoms with Crippen LogP contribution in [0.1, 0.15) is 174 Å². The molecule has 3 rings (SSSR count). The summed E-state index contributed by atoms with van der Waals surface area (Å²) in [5.41, 5.74) is 4.59. The van der Waals surface area contributed by atoms with Crippen LogP contribution in [0.25, 0.3) is 0 Å². The predicted octanol–water partition coefficient (Wildman–Crippen LogP) is 10.1. The number of aliphatic hydroxyl groups is 2. The van der Waals surface area contributed by atoms with Gasteiger partial charge >= 0.3 is 33.3 Å². The van der Waals surface area contributed by atoms with E-state index >= 15 is 0 Å². The highest BCUT2D eigenvalue weighted by Gasteiger charge is 2.46. The molecule has 19 nitrogen and oxygen atoms in total. The van der Waals surface area contributed by atoms with Gasteiger partial charge in [0.1, 0.15) is 30.7 Å². The van der Waals surface area contributed by atoms with Crippen LogP contribution in [0, 0.1) is 0 Å². The van der Waals surface area contributed by atoms with Crippen molar-refractivity contribution >= 4 is 33.4 Å². The average Bonchev–Trinajstić information content (AvgIpc) is 4.04. The minimum absolute atomic E-state index is 0.0379. The average molecular weight is 1070 g/mol. The molecule has 0 saturated carbocycles. The first-order chi connectivity index (χ1) is 35.1. The van der Waals surface area contributed by atoms with Gasteiger partial charge in [-0.25, -0.2) is 13.9 Å². The van der Waals surface area contributed by atoms with E-state index in [0.29, 0.717) is 19.3 Å². The fourth-order valence-electron chi connectivity index (χ4n) is 7.73. The molecule has 0 bridgehead atoms. The standard InChI is InChI=1S/C52H85N3O16P2/c1-3-5-7-9-11-13-14-15-16-17-18-19-20-22-24-26-31-35-47(56)65-39-42(68-48(57)36-32-28-27-30-34-44-43(69-44)33-29-25-23-21-12-10-8-6-4-2)40-66-72(61,62)71-73(63,64)67-41-45-49(58)50(59)51(70-45)55-38-37-46(53)54-52(55)60/h11-13,15-16,21,25,27,29-30,37-38,42-45,49-51,58-59H,3-10,14,17-20,22-24,26,28,31-36,39-41H2,1-2H3,(H,61,62)(H,63,64)(H2,53,54,60)/b13-11-,16-15-,21-12-,29-25-,30-27-/t42-,43?,44?,45-,49-,50-,51-/m1/s1. The summed E-state index contributed by atoms with van der Waals surface area (Å²) >= 11 is 0. The highest BCUT2D eigenvalue weighted by Crippen LogP contribution is 2.60. The first-order valence-electron chi connectivity index (χ1n) is 26.4. The smallest absolute Gasteiger partial charge is 0.462 e. The number of hydrogen-bond acceptors (Lipinski definition) is 16. The third kappa shape index (κ3) is 29.3. The monoisotopic (exact) mass is 1070 g/mol. The molecular formula is C52H85N3O16P2. The first-order valence-corrected chi connectivity index (χ1v) is 29.4. The summed E-state index contributed by atoms with van der Waals surface area (Å²) in [4.78, 5) is 62.0. The van der Waals surface area contributed by atoms with Gasteiger partial charge in [-0.3, -0.25) is 23.2 Å². The van der Waals surface area contributed by atoms with Gasteiger partial charge in [0.15, 0.2) is 12.3 Å². The first kappa shape index (κ1) is 63.7. The Balaban J connectivity index is 1.41. The van der Waals surface area contributed by atoms with Crippen LogP contribution in [-0.4, -0.2) is 97.9 Å². The second-order valence-corrected chi connectivity index (χ2v) is 21.4. The molecule has 2 aliphatic heterocycles. The largest absolute Gasteiger partial charge is 0.481 e. The molecule has 9 atom stereocenters. The number of nitrogens with two attached hydrogens (primary N) is 1. The molecule has 21 heteroatoms. The van der Waals surface area contributed by atoms with Crippen molar-refractivity contribution in [2.24, 2.45) is 0 Å². The Hall–Kier alpha value is -3.58. The second kappa shape index (κ2) is 37.2. The lowest BCUT2D eigenvalue weighted by atomic mass is 10.1. The van der Waals surface area contributed by atoms with E-state index in [2.05, 4.69) is 71.8 Å². The van der Waals surface area contributed by atoms with Crippen molar-refractivity contribution in [2.45, 2.75) is 211 Å². The molecule has 0 aromatic carbocycles. The molecule has 1 aromatic rings. The summed E-state index contributed by atoms with van der Waals surface area (Å²) < 4.78 is 62.6. The zero-order valence-electron chi connectivity index (χ0n) is 43.1. The second-order valence-electron chi connectivity index (χ2n) is 18.4. The molecular weight excluding hydrogens is 985 g/mol. The van der Waals surface area contributed by atoms with Crippen molar-refractivity contribution in [3.63, 3.8) is 0 Å². The van der Waals surface area contributed by atoms with E-state index < -0.39 is 83.7 Å². The molecule has 3 heterocycles. The lowest BCUT2D eigenvalue weighted by Crippen LogP contribution is -2.36. The highest BCUT2D eigenvalue weighted by molar-refractivity contribution is 7.61. The van der Waals surface area contributed by atoms with E-state index in [0.717, 1.165) is 94.2 Å². The number of unbranched alkanes of at least 4 members (excludes halogenated alkanes) is 14. The summed E-state index contributed by atoms with van der Waals surface area (Å²) in [6.45, 7) is 2.03. The van der Waals surface area contributed by atoms with Crippen LogP contribution in [0.5, 0.6) is 0 Å². The van der Waals surface area contributed by atoms with Crippen molar-refractivity contribution in [3.05, 3.63) is 83.5 Å². The fourth-order valence-corrected chi connectivity index (χ4v) is 9.84. The summed E-state index contributed by atoms with van der Waals surface area (Å²) in [5, 5.41) is 20.9. The molecule has 414 valence electrons. The number of phosphoric ester groups is 2. The highest BCUT2D eigenvalue weighted by atomic mass is 31.3. The Kier molecular flexibility index (Phi) is 32.5. The van der Waals surface area contributed by atoms with Gasteiger partial charge in [0.25, 0.3) is 0 Å². The summed E-state index contributed by atoms with van der Waals surface area (Å²) in [7, 11) is -10.9. The van der Waals surface area contributed by atoms with E-state index in [1.54, 1.807) is 0 Å². The Morgan fingerprint density at radius 3 is 1.81 bits per heavy atom. The Labute approximate surface area is 432 Å². The van der Waals surface area contributed by atoms with Crippen molar-refractivity contribution in [3.8, 4) is 0 Å². The minimum atomic E-state index is -5.45. The number of anilines is 1. The molecule has 0 amide bonds. The Morgan fingerprint density at radius 1 is 0.671 bits per heavy atom. The zero-order valence-corrected chi connectivity index (χ0v) is 44.9. The van der Waals surface area contributed by atoms with E-state index in [4.69, 9.17) is 33.7 Å². The molecule has 2 fully saturated rings. The number of carbonyl (C=O) groups is 2. The van der Waals surface area contributed by atoms with Crippen LogP contribution in [-0.2, 0) is 51.0 Å². The number of carbonyl (C=O) groups excluding carboxylic acids is 2. The number of aromatic nitrogens is 2. The maximum absolute atomic E-state index is 12.9. The number of hydrogen-bond donors (Lipinski definition) is 5. The van der Waals surface area contributed by atoms with E-state index in [1.165, 1.54) is 44.6 Å². The van der Waals surface area contributed by atoms with Crippen molar-refractivity contribution in [1.29, 1.82) is 0 Å². The SMILES string of the molecule is CCCCC/C=C\C/C=C\CCCCCCCCCC(=O)OC[C@H](COP(=O)(O)OP(=O)(O)OC[C@H]1O[C@@H](n2ccc(N)nc2=O)[C@H](O)[C@@H]1O)OC(=O)CCC/C=C\CC1OC1C/C=C\C/C=C\CCCCC. The molecule has 2 saturated heterocycles. The van der Waals surface area contributed by atoms with Crippen LogP contribution in [0.3, 0.4) is 0 Å². The molecule has 4 unspecified atom stereocenters. The zero-order chi connectivity index (χ0) is 53.2. The number of nitrogen functional groups attached to an aromatic ring is 1. The van der Waals surface area contributed by atoms with Crippen LogP contribution < -0.4 is 11.4 Å². The molecule has 73 heavy (non-hydrogen) atoms. The number of aliphatic hydroxyl groups excluding tert-OH is 2. The topological polar surface area (TPSA) is 278 Å². The minimum Gasteiger partial charge on any atom is -0.462 e. The van der Waals surface area contributed by atoms with Crippen LogP contribution in [0.15, 0.2) is 77.8 Å². The molecule has 0 spiro atoms.